The van der Waals surface area contributed by atoms with Gasteiger partial charge in [0, 0.05) is 26.0 Å². The molecule has 92 valence electrons. The van der Waals surface area contributed by atoms with Crippen molar-refractivity contribution >= 4 is 17.1 Å². The Morgan fingerprint density at radius 2 is 1.94 bits per heavy atom. The summed E-state index contributed by atoms with van der Waals surface area (Å²) in [6, 6.07) is 9.82. The first kappa shape index (κ1) is 12.2. The molecule has 4 heteroatoms. The molecule has 0 saturated carbocycles. The van der Waals surface area contributed by atoms with Crippen LogP contribution in [0.1, 0.15) is 5.56 Å². The van der Waals surface area contributed by atoms with E-state index in [9.17, 15) is 0 Å². The van der Waals surface area contributed by atoms with Crippen molar-refractivity contribution in [3.8, 4) is 0 Å². The minimum atomic E-state index is 0.758. The van der Waals surface area contributed by atoms with Crippen molar-refractivity contribution in [1.29, 1.82) is 0 Å². The molecule has 4 nitrogen and oxygen atoms in total. The first-order valence-electron chi connectivity index (χ1n) is 5.76. The maximum atomic E-state index is 4.24. The minimum Gasteiger partial charge on any atom is -0.378 e. The molecule has 0 atom stereocenters. The second kappa shape index (κ2) is 5.40. The molecule has 0 amide bonds. The molecule has 0 unspecified atom stereocenters. The van der Waals surface area contributed by atoms with Crippen molar-refractivity contribution < 1.29 is 0 Å². The van der Waals surface area contributed by atoms with Gasteiger partial charge in [0.05, 0.1) is 11.9 Å². The van der Waals surface area contributed by atoms with Gasteiger partial charge in [-0.25, -0.2) is 0 Å². The monoisotopic (exact) mass is 240 g/mol. The van der Waals surface area contributed by atoms with E-state index >= 15 is 0 Å². The Labute approximate surface area is 107 Å². The summed E-state index contributed by atoms with van der Waals surface area (Å²) in [5.74, 6) is 0. The fourth-order valence-corrected chi connectivity index (χ4v) is 1.55. The molecule has 0 spiro atoms. The molecule has 0 aliphatic rings. The van der Waals surface area contributed by atoms with Gasteiger partial charge in [-0.05, 0) is 42.8 Å². The highest BCUT2D eigenvalue weighted by Crippen LogP contribution is 2.25. The highest BCUT2D eigenvalue weighted by molar-refractivity contribution is 5.57. The molecule has 1 aromatic carbocycles. The summed E-state index contributed by atoms with van der Waals surface area (Å²) in [5, 5.41) is 8.40. The zero-order valence-corrected chi connectivity index (χ0v) is 10.8. The molecule has 2 aromatic rings. The van der Waals surface area contributed by atoms with Gasteiger partial charge in [0.25, 0.3) is 0 Å². The van der Waals surface area contributed by atoms with Crippen LogP contribution in [0.2, 0.25) is 0 Å². The molecule has 0 aliphatic heterocycles. The molecule has 1 heterocycles. The average molecular weight is 240 g/mol. The van der Waals surface area contributed by atoms with Crippen LogP contribution in [-0.4, -0.2) is 19.1 Å². The fraction of sp³-hybridized carbons (Fsp3) is 0.214. The summed E-state index contributed by atoms with van der Waals surface area (Å²) in [6.07, 6.45) is 3.41. The second-order valence-corrected chi connectivity index (χ2v) is 4.28. The van der Waals surface area contributed by atoms with Gasteiger partial charge in [0.1, 0.15) is 5.69 Å². The van der Waals surface area contributed by atoms with Crippen molar-refractivity contribution in [3.63, 3.8) is 0 Å². The Hall–Kier alpha value is -2.23. The highest BCUT2D eigenvalue weighted by atomic mass is 15.1. The zero-order chi connectivity index (χ0) is 13.0. The Bertz CT molecular complexity index is 547. The molecule has 18 heavy (non-hydrogen) atoms. The fourth-order valence-electron chi connectivity index (χ4n) is 1.55. The molecular weight excluding hydrogens is 224 g/mol. The topological polar surface area (TPSA) is 40.9 Å². The summed E-state index contributed by atoms with van der Waals surface area (Å²) in [4.78, 5) is 6.06. The van der Waals surface area contributed by atoms with E-state index in [4.69, 9.17) is 0 Å². The van der Waals surface area contributed by atoms with Crippen LogP contribution in [0.3, 0.4) is 0 Å². The Balaban J connectivity index is 2.22. The number of nitrogens with zero attached hydrogens (tertiary/aromatic N) is 4. The van der Waals surface area contributed by atoms with Crippen LogP contribution in [0.5, 0.6) is 0 Å². The summed E-state index contributed by atoms with van der Waals surface area (Å²) >= 11 is 0. The molecule has 0 radical (unpaired) electrons. The second-order valence-electron chi connectivity index (χ2n) is 4.28. The number of hydrogen-bond donors (Lipinski definition) is 0. The summed E-state index contributed by atoms with van der Waals surface area (Å²) in [5.41, 5.74) is 3.90. The van der Waals surface area contributed by atoms with E-state index in [1.54, 1.807) is 12.4 Å². The van der Waals surface area contributed by atoms with Gasteiger partial charge in [-0.3, -0.25) is 4.98 Å². The van der Waals surface area contributed by atoms with Crippen LogP contribution in [0.15, 0.2) is 53.0 Å². The predicted molar refractivity (Wildman–Crippen MR) is 73.9 cm³/mol. The lowest BCUT2D eigenvalue weighted by molar-refractivity contribution is 1.12. The Morgan fingerprint density at radius 1 is 1.11 bits per heavy atom. The lowest BCUT2D eigenvalue weighted by Crippen LogP contribution is -2.08. The van der Waals surface area contributed by atoms with E-state index in [0.29, 0.717) is 0 Å². The van der Waals surface area contributed by atoms with E-state index in [1.807, 2.05) is 45.3 Å². The largest absolute Gasteiger partial charge is 0.378 e. The maximum Gasteiger partial charge on any atom is 0.104 e. The predicted octanol–water partition coefficient (Wildman–Crippen LogP) is 3.87. The summed E-state index contributed by atoms with van der Waals surface area (Å²) < 4.78 is 0. The summed E-state index contributed by atoms with van der Waals surface area (Å²) in [6.45, 7) is 2.03. The first-order chi connectivity index (χ1) is 8.66. The molecule has 0 fully saturated rings. The van der Waals surface area contributed by atoms with Crippen LogP contribution in [0.4, 0.5) is 17.1 Å². The quantitative estimate of drug-likeness (QED) is 0.764. The Kier molecular flexibility index (Phi) is 3.67. The van der Waals surface area contributed by atoms with Crippen molar-refractivity contribution in [2.75, 3.05) is 19.0 Å². The van der Waals surface area contributed by atoms with Crippen LogP contribution in [0.25, 0.3) is 0 Å². The number of hydrogen-bond acceptors (Lipinski definition) is 4. The first-order valence-corrected chi connectivity index (χ1v) is 5.76. The molecule has 1 aromatic heterocycles. The van der Waals surface area contributed by atoms with Gasteiger partial charge in [-0.1, -0.05) is 0 Å². The van der Waals surface area contributed by atoms with E-state index in [-0.39, 0.29) is 0 Å². The van der Waals surface area contributed by atoms with E-state index in [1.165, 1.54) is 0 Å². The van der Waals surface area contributed by atoms with Gasteiger partial charge in [-0.15, -0.1) is 5.11 Å². The molecule has 0 aliphatic carbocycles. The molecule has 2 rings (SSSR count). The van der Waals surface area contributed by atoms with Crippen molar-refractivity contribution in [2.24, 2.45) is 10.2 Å². The van der Waals surface area contributed by atoms with Gasteiger partial charge >= 0.3 is 0 Å². The lowest BCUT2D eigenvalue weighted by atomic mass is 10.2. The maximum absolute atomic E-state index is 4.24. The molecule has 0 N–H and O–H groups in total. The smallest absolute Gasteiger partial charge is 0.104 e. The third-order valence-corrected chi connectivity index (χ3v) is 2.62. The number of aryl methyl sites for hydroxylation is 1. The van der Waals surface area contributed by atoms with Crippen LogP contribution >= 0.6 is 0 Å². The van der Waals surface area contributed by atoms with Crippen LogP contribution in [-0.2, 0) is 0 Å². The molecule has 0 bridgehead atoms. The van der Waals surface area contributed by atoms with Gasteiger partial charge in [0.15, 0.2) is 0 Å². The van der Waals surface area contributed by atoms with E-state index < -0.39 is 0 Å². The van der Waals surface area contributed by atoms with E-state index in [0.717, 1.165) is 22.6 Å². The number of rotatable bonds is 3. The summed E-state index contributed by atoms with van der Waals surface area (Å²) in [7, 11) is 4.04. The van der Waals surface area contributed by atoms with Crippen LogP contribution < -0.4 is 4.90 Å². The molecular formula is C14H16N4. The zero-order valence-electron chi connectivity index (χ0n) is 10.8. The SMILES string of the molecule is Cc1cc(N(C)C)ccc1N=Nc1cccnc1. The number of aromatic nitrogens is 1. The Morgan fingerprint density at radius 3 is 2.56 bits per heavy atom. The number of azo groups is 1. The van der Waals surface area contributed by atoms with Crippen molar-refractivity contribution in [3.05, 3.63) is 48.3 Å². The van der Waals surface area contributed by atoms with Gasteiger partial charge in [-0.2, -0.15) is 5.11 Å². The van der Waals surface area contributed by atoms with Gasteiger partial charge < -0.3 is 4.90 Å². The highest BCUT2D eigenvalue weighted by Gasteiger charge is 2.00. The average Bonchev–Trinajstić information content (AvgIpc) is 2.38. The third kappa shape index (κ3) is 2.91. The normalized spacial score (nSPS) is 10.8. The van der Waals surface area contributed by atoms with Crippen molar-refractivity contribution in [1.82, 2.24) is 4.98 Å². The van der Waals surface area contributed by atoms with Crippen molar-refractivity contribution in [2.45, 2.75) is 6.92 Å². The lowest BCUT2D eigenvalue weighted by Gasteiger charge is -2.13. The molecule has 0 saturated heterocycles. The number of pyridine rings is 1. The standard InChI is InChI=1S/C14H16N4/c1-11-9-13(18(2)3)6-7-14(11)17-16-12-5-4-8-15-10-12/h4-10H,1-3H3. The van der Waals surface area contributed by atoms with E-state index in [2.05, 4.69) is 26.2 Å². The van der Waals surface area contributed by atoms with Crippen LogP contribution in [0, 0.1) is 6.92 Å². The minimum absolute atomic E-state index is 0.758. The third-order valence-electron chi connectivity index (χ3n) is 2.62. The number of anilines is 1. The van der Waals surface area contributed by atoms with Gasteiger partial charge in [0.2, 0.25) is 0 Å². The number of benzene rings is 1.